The second kappa shape index (κ2) is 9.66. The van der Waals surface area contributed by atoms with Crippen LogP contribution in [0, 0.1) is 5.92 Å². The second-order valence-electron chi connectivity index (χ2n) is 9.13. The highest BCUT2D eigenvalue weighted by Gasteiger charge is 2.34. The zero-order valence-corrected chi connectivity index (χ0v) is 20.0. The molecule has 3 rings (SSSR count). The van der Waals surface area contributed by atoms with Crippen molar-refractivity contribution in [2.45, 2.75) is 51.0 Å². The minimum atomic E-state index is -3.70. The van der Waals surface area contributed by atoms with Gasteiger partial charge in [0, 0.05) is 37.2 Å². The summed E-state index contributed by atoms with van der Waals surface area (Å²) in [5.74, 6) is 0.354. The highest BCUT2D eigenvalue weighted by molar-refractivity contribution is 7.89. The van der Waals surface area contributed by atoms with Gasteiger partial charge in [0.1, 0.15) is 13.2 Å². The topological polar surface area (TPSA) is 105 Å². The van der Waals surface area contributed by atoms with Crippen molar-refractivity contribution in [3.8, 4) is 11.5 Å². The summed E-state index contributed by atoms with van der Waals surface area (Å²) in [6.45, 7) is 9.25. The third-order valence-electron chi connectivity index (χ3n) is 5.50. The van der Waals surface area contributed by atoms with Gasteiger partial charge in [-0.25, -0.2) is 8.42 Å². The van der Waals surface area contributed by atoms with Gasteiger partial charge in [0.25, 0.3) is 0 Å². The minimum Gasteiger partial charge on any atom is -0.486 e. The summed E-state index contributed by atoms with van der Waals surface area (Å²) >= 11 is 0. The molecule has 0 bridgehead atoms. The largest absolute Gasteiger partial charge is 0.486 e. The molecule has 178 valence electrons. The van der Waals surface area contributed by atoms with Crippen molar-refractivity contribution in [3.63, 3.8) is 0 Å². The van der Waals surface area contributed by atoms with E-state index in [2.05, 4.69) is 5.32 Å². The Kier molecular flexibility index (Phi) is 7.34. The zero-order chi connectivity index (χ0) is 23.5. The first kappa shape index (κ1) is 24.3. The molecule has 2 amide bonds. The third kappa shape index (κ3) is 5.72. The van der Waals surface area contributed by atoms with Gasteiger partial charge in [-0.05, 0) is 52.7 Å². The number of hydrogen-bond donors (Lipinski definition) is 1. The molecule has 0 aromatic heterocycles. The van der Waals surface area contributed by atoms with Crippen molar-refractivity contribution in [2.75, 3.05) is 39.4 Å². The number of hydrogen-bond acceptors (Lipinski definition) is 6. The quantitative estimate of drug-likeness (QED) is 0.682. The molecule has 0 saturated carbocycles. The second-order valence-corrected chi connectivity index (χ2v) is 11.1. The summed E-state index contributed by atoms with van der Waals surface area (Å²) in [4.78, 5) is 26.9. The number of likely N-dealkylation sites (N-methyl/N-ethyl adjacent to an activating group) is 1. The molecular weight excluding hydrogens is 434 g/mol. The van der Waals surface area contributed by atoms with E-state index in [4.69, 9.17) is 9.47 Å². The van der Waals surface area contributed by atoms with Gasteiger partial charge in [-0.3, -0.25) is 9.59 Å². The number of amides is 2. The Balaban J connectivity index is 1.61. The lowest BCUT2D eigenvalue weighted by Crippen LogP contribution is -2.49. The number of ether oxygens (including phenoxy) is 2. The fourth-order valence-corrected chi connectivity index (χ4v) is 5.40. The maximum absolute atomic E-state index is 13.1. The van der Waals surface area contributed by atoms with E-state index >= 15 is 0 Å². The van der Waals surface area contributed by atoms with Gasteiger partial charge in [-0.15, -0.1) is 0 Å². The molecule has 10 heteroatoms. The molecule has 0 atom stereocenters. The van der Waals surface area contributed by atoms with E-state index < -0.39 is 10.0 Å². The van der Waals surface area contributed by atoms with Gasteiger partial charge in [0.05, 0.1) is 11.4 Å². The predicted octanol–water partition coefficient (Wildman–Crippen LogP) is 1.62. The van der Waals surface area contributed by atoms with Crippen molar-refractivity contribution in [3.05, 3.63) is 18.2 Å². The van der Waals surface area contributed by atoms with Crippen LogP contribution < -0.4 is 14.8 Å². The van der Waals surface area contributed by atoms with Crippen molar-refractivity contribution in [1.82, 2.24) is 14.5 Å². The van der Waals surface area contributed by atoms with Gasteiger partial charge in [-0.2, -0.15) is 4.31 Å². The lowest BCUT2D eigenvalue weighted by atomic mass is 9.96. The fraction of sp³-hybridized carbons (Fsp3) is 0.636. The molecule has 1 aromatic carbocycles. The Hall–Kier alpha value is -2.33. The van der Waals surface area contributed by atoms with Gasteiger partial charge in [0.2, 0.25) is 21.8 Å². The van der Waals surface area contributed by atoms with Crippen LogP contribution in [0.25, 0.3) is 0 Å². The minimum absolute atomic E-state index is 0.00229. The number of carbonyl (C=O) groups excluding carboxylic acids is 2. The molecule has 1 fully saturated rings. The molecule has 2 aliphatic rings. The van der Waals surface area contributed by atoms with Crippen LogP contribution >= 0.6 is 0 Å². The van der Waals surface area contributed by atoms with Gasteiger partial charge < -0.3 is 19.7 Å². The first-order valence-corrected chi connectivity index (χ1v) is 12.4. The van der Waals surface area contributed by atoms with E-state index in [0.29, 0.717) is 44.1 Å². The number of nitrogens with one attached hydrogen (secondary N) is 1. The van der Waals surface area contributed by atoms with E-state index in [9.17, 15) is 18.0 Å². The molecule has 1 N–H and O–H groups in total. The molecule has 2 aliphatic heterocycles. The average molecular weight is 468 g/mol. The normalized spacial score (nSPS) is 17.6. The molecule has 32 heavy (non-hydrogen) atoms. The van der Waals surface area contributed by atoms with Crippen LogP contribution in [0.2, 0.25) is 0 Å². The van der Waals surface area contributed by atoms with E-state index in [1.165, 1.54) is 21.3 Å². The predicted molar refractivity (Wildman–Crippen MR) is 119 cm³/mol. The highest BCUT2D eigenvalue weighted by atomic mass is 32.2. The first-order chi connectivity index (χ1) is 15.0. The summed E-state index contributed by atoms with van der Waals surface area (Å²) in [6, 6.07) is 4.62. The molecule has 9 nitrogen and oxygen atoms in total. The van der Waals surface area contributed by atoms with Crippen LogP contribution in [-0.4, -0.2) is 74.4 Å². The van der Waals surface area contributed by atoms with Crippen molar-refractivity contribution >= 4 is 21.8 Å². The highest BCUT2D eigenvalue weighted by Crippen LogP contribution is 2.34. The number of benzene rings is 1. The molecule has 2 heterocycles. The Morgan fingerprint density at radius 2 is 1.75 bits per heavy atom. The number of sulfonamides is 1. The maximum Gasteiger partial charge on any atom is 0.243 e. The number of fused-ring (bicyclic) bond motifs is 1. The van der Waals surface area contributed by atoms with Crippen molar-refractivity contribution in [2.24, 2.45) is 5.92 Å². The average Bonchev–Trinajstić information content (AvgIpc) is 2.75. The number of rotatable bonds is 6. The summed E-state index contributed by atoms with van der Waals surface area (Å²) in [6.07, 6.45) is 0.833. The Labute approximate surface area is 190 Å². The zero-order valence-electron chi connectivity index (χ0n) is 19.2. The van der Waals surface area contributed by atoms with Crippen molar-refractivity contribution < 1.29 is 27.5 Å². The SMILES string of the molecule is CCN(CC(=O)NC(C)(C)C)C(=O)C1CCN(S(=O)(=O)c2ccc3c(c2)OCCO3)CC1. The Morgan fingerprint density at radius 3 is 2.34 bits per heavy atom. The van der Waals surface area contributed by atoms with Gasteiger partial charge in [-0.1, -0.05) is 0 Å². The fourth-order valence-electron chi connectivity index (χ4n) is 3.91. The molecule has 0 unspecified atom stereocenters. The lowest BCUT2D eigenvalue weighted by molar-refractivity contribution is -0.140. The molecule has 1 aromatic rings. The first-order valence-electron chi connectivity index (χ1n) is 11.0. The Bertz CT molecular complexity index is 949. The van der Waals surface area contributed by atoms with E-state index in [-0.39, 0.29) is 47.8 Å². The van der Waals surface area contributed by atoms with Crippen LogP contribution in [0.5, 0.6) is 11.5 Å². The van der Waals surface area contributed by atoms with Crippen LogP contribution in [0.4, 0.5) is 0 Å². The summed E-state index contributed by atoms with van der Waals surface area (Å²) in [5, 5.41) is 2.87. The lowest BCUT2D eigenvalue weighted by Gasteiger charge is -2.33. The monoisotopic (exact) mass is 467 g/mol. The van der Waals surface area contributed by atoms with E-state index in [1.807, 2.05) is 27.7 Å². The van der Waals surface area contributed by atoms with Crippen LogP contribution in [0.15, 0.2) is 23.1 Å². The van der Waals surface area contributed by atoms with E-state index in [0.717, 1.165) is 0 Å². The van der Waals surface area contributed by atoms with E-state index in [1.54, 1.807) is 6.07 Å². The molecule has 0 radical (unpaired) electrons. The summed E-state index contributed by atoms with van der Waals surface area (Å²) in [7, 11) is -3.70. The number of carbonyl (C=O) groups is 2. The molecule has 1 saturated heterocycles. The Morgan fingerprint density at radius 1 is 1.12 bits per heavy atom. The van der Waals surface area contributed by atoms with Gasteiger partial charge in [0.15, 0.2) is 11.5 Å². The third-order valence-corrected chi connectivity index (χ3v) is 7.39. The smallest absolute Gasteiger partial charge is 0.243 e. The molecule has 0 aliphatic carbocycles. The number of nitrogens with zero attached hydrogens (tertiary/aromatic N) is 2. The van der Waals surface area contributed by atoms with Crippen LogP contribution in [-0.2, 0) is 19.6 Å². The van der Waals surface area contributed by atoms with Crippen LogP contribution in [0.1, 0.15) is 40.5 Å². The van der Waals surface area contributed by atoms with Gasteiger partial charge >= 0.3 is 0 Å². The van der Waals surface area contributed by atoms with Crippen LogP contribution in [0.3, 0.4) is 0 Å². The number of piperidine rings is 1. The molecule has 0 spiro atoms. The summed E-state index contributed by atoms with van der Waals surface area (Å²) < 4.78 is 38.6. The molecular formula is C22H33N3O6S. The summed E-state index contributed by atoms with van der Waals surface area (Å²) in [5.41, 5.74) is -0.368. The van der Waals surface area contributed by atoms with Crippen molar-refractivity contribution in [1.29, 1.82) is 0 Å². The maximum atomic E-state index is 13.1. The standard InChI is InChI=1S/C22H33N3O6S/c1-5-24(15-20(26)23-22(2,3)4)21(27)16-8-10-25(11-9-16)32(28,29)17-6-7-18-19(14-17)31-13-12-30-18/h6-7,14,16H,5,8-13,15H2,1-4H3,(H,23,26).